The Bertz CT molecular complexity index is 742. The molecular weight excluding hydrogens is 314 g/mol. The molecule has 0 amide bonds. The predicted molar refractivity (Wildman–Crippen MR) is 80.5 cm³/mol. The van der Waals surface area contributed by atoms with E-state index < -0.39 is 20.4 Å². The summed E-state index contributed by atoms with van der Waals surface area (Å²) in [6.07, 6.45) is 1.64. The van der Waals surface area contributed by atoms with Crippen molar-refractivity contribution in [2.24, 2.45) is 0 Å². The van der Waals surface area contributed by atoms with Gasteiger partial charge in [0.1, 0.15) is 4.90 Å². The average molecular weight is 327 g/mol. The van der Waals surface area contributed by atoms with E-state index in [0.29, 0.717) is 18.7 Å². The van der Waals surface area contributed by atoms with Crippen molar-refractivity contribution < 1.29 is 13.3 Å². The molecule has 9 heteroatoms. The molecular formula is C12H13N3O4S2. The summed E-state index contributed by atoms with van der Waals surface area (Å²) in [5, 5.41) is 15.8. The van der Waals surface area contributed by atoms with Gasteiger partial charge in [-0.05, 0) is 12.1 Å². The number of hydrogen-bond donors (Lipinski definition) is 1. The first kappa shape index (κ1) is 15.4. The van der Waals surface area contributed by atoms with Crippen LogP contribution in [0.25, 0.3) is 0 Å². The third kappa shape index (κ3) is 3.99. The number of thiazole rings is 1. The summed E-state index contributed by atoms with van der Waals surface area (Å²) < 4.78 is 23.3. The van der Waals surface area contributed by atoms with Gasteiger partial charge in [-0.2, -0.15) is 0 Å². The van der Waals surface area contributed by atoms with Crippen molar-refractivity contribution in [3.8, 4) is 0 Å². The predicted octanol–water partition coefficient (Wildman–Crippen LogP) is 2.11. The number of nitro groups is 1. The number of hydrogen-bond acceptors (Lipinski definition) is 7. The number of nitrogens with zero attached hydrogens (tertiary/aromatic N) is 2. The van der Waals surface area contributed by atoms with Crippen molar-refractivity contribution in [3.05, 3.63) is 44.9 Å². The van der Waals surface area contributed by atoms with E-state index in [1.54, 1.807) is 5.51 Å². The highest BCUT2D eigenvalue weighted by molar-refractivity contribution is 7.90. The number of nitrogens with one attached hydrogen (secondary N) is 1. The summed E-state index contributed by atoms with van der Waals surface area (Å²) in [4.78, 5) is 14.0. The van der Waals surface area contributed by atoms with Gasteiger partial charge in [0.2, 0.25) is 0 Å². The normalized spacial score (nSPS) is 11.3. The average Bonchev–Trinajstić information content (AvgIpc) is 2.90. The Kier molecular flexibility index (Phi) is 4.53. The van der Waals surface area contributed by atoms with Gasteiger partial charge in [0.15, 0.2) is 9.84 Å². The quantitative estimate of drug-likeness (QED) is 0.644. The van der Waals surface area contributed by atoms with Crippen LogP contribution in [0.5, 0.6) is 0 Å². The van der Waals surface area contributed by atoms with E-state index in [1.807, 2.05) is 5.38 Å². The van der Waals surface area contributed by atoms with Crippen molar-refractivity contribution in [2.45, 2.75) is 11.3 Å². The molecule has 2 aromatic rings. The maximum Gasteiger partial charge on any atom is 0.288 e. The highest BCUT2D eigenvalue weighted by atomic mass is 32.2. The molecule has 7 nitrogen and oxygen atoms in total. The van der Waals surface area contributed by atoms with Crippen molar-refractivity contribution in [1.82, 2.24) is 4.98 Å². The van der Waals surface area contributed by atoms with Crippen LogP contribution in [0.4, 0.5) is 11.4 Å². The summed E-state index contributed by atoms with van der Waals surface area (Å²) in [6.45, 7) is 0.560. The first-order valence-electron chi connectivity index (χ1n) is 5.97. The Morgan fingerprint density at radius 3 is 2.76 bits per heavy atom. The maximum atomic E-state index is 11.6. The lowest BCUT2D eigenvalue weighted by Gasteiger charge is -2.07. The van der Waals surface area contributed by atoms with Gasteiger partial charge in [-0.15, -0.1) is 11.3 Å². The Morgan fingerprint density at radius 2 is 2.19 bits per heavy atom. The Morgan fingerprint density at radius 1 is 1.43 bits per heavy atom. The topological polar surface area (TPSA) is 102 Å². The fourth-order valence-corrected chi connectivity index (χ4v) is 3.22. The van der Waals surface area contributed by atoms with Crippen LogP contribution < -0.4 is 5.32 Å². The van der Waals surface area contributed by atoms with Crippen LogP contribution in [0.15, 0.2) is 34.0 Å². The Hall–Kier alpha value is -2.00. The second-order valence-corrected chi connectivity index (χ2v) is 7.07. The van der Waals surface area contributed by atoms with E-state index in [4.69, 9.17) is 0 Å². The standard InChI is InChI=1S/C12H13N3O4S2/c1-21(18,19)12-6-9(2-3-11(12)15(16)17)13-5-4-10-7-20-8-14-10/h2-3,6-8,13H,4-5H2,1H3. The highest BCUT2D eigenvalue weighted by Gasteiger charge is 2.22. The zero-order valence-electron chi connectivity index (χ0n) is 11.1. The van der Waals surface area contributed by atoms with Gasteiger partial charge in [-0.25, -0.2) is 13.4 Å². The monoisotopic (exact) mass is 327 g/mol. The number of benzene rings is 1. The second-order valence-electron chi connectivity index (χ2n) is 4.37. The first-order chi connectivity index (χ1) is 9.88. The minimum atomic E-state index is -3.66. The van der Waals surface area contributed by atoms with E-state index >= 15 is 0 Å². The molecule has 0 spiro atoms. The Labute approximate surface area is 125 Å². The molecule has 1 aromatic carbocycles. The lowest BCUT2D eigenvalue weighted by molar-refractivity contribution is -0.387. The molecule has 112 valence electrons. The van der Waals surface area contributed by atoms with Gasteiger partial charge in [0.25, 0.3) is 5.69 Å². The molecule has 0 atom stereocenters. The van der Waals surface area contributed by atoms with Crippen LogP contribution in [0.1, 0.15) is 5.69 Å². The van der Waals surface area contributed by atoms with Gasteiger partial charge in [-0.1, -0.05) is 0 Å². The van der Waals surface area contributed by atoms with Crippen molar-refractivity contribution >= 4 is 32.5 Å². The van der Waals surface area contributed by atoms with E-state index in [1.165, 1.54) is 29.5 Å². The molecule has 0 unspecified atom stereocenters. The number of sulfone groups is 1. The van der Waals surface area contributed by atoms with Crippen molar-refractivity contribution in [3.63, 3.8) is 0 Å². The molecule has 2 rings (SSSR count). The minimum Gasteiger partial charge on any atom is -0.385 e. The molecule has 0 radical (unpaired) electrons. The van der Waals surface area contributed by atoms with Crippen LogP contribution in [-0.4, -0.2) is 31.1 Å². The molecule has 0 fully saturated rings. The number of rotatable bonds is 6. The molecule has 1 aromatic heterocycles. The van der Waals surface area contributed by atoms with Crippen LogP contribution >= 0.6 is 11.3 Å². The second kappa shape index (κ2) is 6.19. The number of nitro benzene ring substituents is 1. The number of anilines is 1. The summed E-state index contributed by atoms with van der Waals surface area (Å²) in [6, 6.07) is 3.98. The smallest absolute Gasteiger partial charge is 0.288 e. The third-order valence-corrected chi connectivity index (χ3v) is 4.51. The van der Waals surface area contributed by atoms with Crippen molar-refractivity contribution in [1.29, 1.82) is 0 Å². The molecule has 0 saturated carbocycles. The van der Waals surface area contributed by atoms with Crippen molar-refractivity contribution in [2.75, 3.05) is 18.1 Å². The lowest BCUT2D eigenvalue weighted by atomic mass is 10.2. The highest BCUT2D eigenvalue weighted by Crippen LogP contribution is 2.26. The lowest BCUT2D eigenvalue weighted by Crippen LogP contribution is -2.07. The van der Waals surface area contributed by atoms with Crippen LogP contribution in [0, 0.1) is 10.1 Å². The number of aromatic nitrogens is 1. The van der Waals surface area contributed by atoms with E-state index in [9.17, 15) is 18.5 Å². The zero-order chi connectivity index (χ0) is 15.5. The van der Waals surface area contributed by atoms with Gasteiger partial charge in [0, 0.05) is 36.4 Å². The van der Waals surface area contributed by atoms with Crippen LogP contribution in [-0.2, 0) is 16.3 Å². The molecule has 0 aliphatic carbocycles. The summed E-state index contributed by atoms with van der Waals surface area (Å²) >= 11 is 1.50. The summed E-state index contributed by atoms with van der Waals surface area (Å²) in [5.74, 6) is 0. The van der Waals surface area contributed by atoms with Crippen LogP contribution in [0.2, 0.25) is 0 Å². The Balaban J connectivity index is 2.16. The maximum absolute atomic E-state index is 11.6. The molecule has 1 heterocycles. The van der Waals surface area contributed by atoms with E-state index in [-0.39, 0.29) is 4.90 Å². The molecule has 21 heavy (non-hydrogen) atoms. The fraction of sp³-hybridized carbons (Fsp3) is 0.250. The largest absolute Gasteiger partial charge is 0.385 e. The summed E-state index contributed by atoms with van der Waals surface area (Å²) in [7, 11) is -3.66. The van der Waals surface area contributed by atoms with E-state index in [2.05, 4.69) is 10.3 Å². The molecule has 0 aliphatic heterocycles. The summed E-state index contributed by atoms with van der Waals surface area (Å²) in [5.41, 5.74) is 2.79. The molecule has 0 aliphatic rings. The molecule has 0 saturated heterocycles. The molecule has 1 N–H and O–H groups in total. The third-order valence-electron chi connectivity index (χ3n) is 2.75. The van der Waals surface area contributed by atoms with E-state index in [0.717, 1.165) is 11.9 Å². The van der Waals surface area contributed by atoms with Gasteiger partial charge < -0.3 is 5.32 Å². The SMILES string of the molecule is CS(=O)(=O)c1cc(NCCc2cscn2)ccc1[N+](=O)[O-]. The van der Waals surface area contributed by atoms with Crippen LogP contribution in [0.3, 0.4) is 0 Å². The van der Waals surface area contributed by atoms with Gasteiger partial charge in [0.05, 0.1) is 16.1 Å². The minimum absolute atomic E-state index is 0.286. The first-order valence-corrected chi connectivity index (χ1v) is 8.81. The zero-order valence-corrected chi connectivity index (χ0v) is 12.8. The van der Waals surface area contributed by atoms with Gasteiger partial charge >= 0.3 is 0 Å². The molecule has 0 bridgehead atoms. The van der Waals surface area contributed by atoms with Gasteiger partial charge in [-0.3, -0.25) is 10.1 Å². The fourth-order valence-electron chi connectivity index (χ4n) is 1.77.